The van der Waals surface area contributed by atoms with Crippen LogP contribution in [0.3, 0.4) is 0 Å². The van der Waals surface area contributed by atoms with Gasteiger partial charge in [0.25, 0.3) is 0 Å². The summed E-state index contributed by atoms with van der Waals surface area (Å²) in [5, 5.41) is 3.60. The number of piperazine rings is 1. The Balaban J connectivity index is 0.00000208. The van der Waals surface area contributed by atoms with Gasteiger partial charge < -0.3 is 15.0 Å². The van der Waals surface area contributed by atoms with Gasteiger partial charge in [-0.25, -0.2) is 0 Å². The molecule has 0 amide bonds. The maximum Gasteiger partial charge on any atom is 0.193 e. The molecule has 3 rings (SSSR count). The number of hydrogen-bond acceptors (Lipinski definition) is 3. The number of halogens is 1. The molecule has 3 aliphatic rings. The lowest BCUT2D eigenvalue weighted by atomic mass is 9.94. The maximum atomic E-state index is 5.49. The second-order valence-electron chi connectivity index (χ2n) is 7.10. The molecular weight excluding hydrogens is 415 g/mol. The fourth-order valence-electron chi connectivity index (χ4n) is 3.84. The fraction of sp³-hybridized carbons (Fsp3) is 0.833. The molecule has 24 heavy (non-hydrogen) atoms. The summed E-state index contributed by atoms with van der Waals surface area (Å²) in [5.74, 6) is 2.60. The van der Waals surface area contributed by atoms with Crippen LogP contribution in [0.5, 0.6) is 0 Å². The summed E-state index contributed by atoms with van der Waals surface area (Å²) in [5.41, 5.74) is 0. The van der Waals surface area contributed by atoms with E-state index in [1.807, 2.05) is 7.05 Å². The first kappa shape index (κ1) is 20.0. The largest absolute Gasteiger partial charge is 0.381 e. The van der Waals surface area contributed by atoms with E-state index in [9.17, 15) is 0 Å². The van der Waals surface area contributed by atoms with Gasteiger partial charge in [0.05, 0.1) is 6.61 Å². The number of ether oxygens (including phenoxy) is 1. The van der Waals surface area contributed by atoms with Crippen molar-refractivity contribution in [3.63, 3.8) is 0 Å². The summed E-state index contributed by atoms with van der Waals surface area (Å²) in [7, 11) is 1.91. The Labute approximate surface area is 163 Å². The number of rotatable bonds is 4. The molecule has 0 aromatic heterocycles. The molecule has 2 unspecified atom stereocenters. The summed E-state index contributed by atoms with van der Waals surface area (Å²) in [6, 6.07) is 0. The summed E-state index contributed by atoms with van der Waals surface area (Å²) in [4.78, 5) is 9.51. The lowest BCUT2D eigenvalue weighted by molar-refractivity contribution is 0.139. The Morgan fingerprint density at radius 1 is 1.17 bits per heavy atom. The van der Waals surface area contributed by atoms with E-state index in [1.165, 1.54) is 32.2 Å². The minimum Gasteiger partial charge on any atom is -0.381 e. The highest BCUT2D eigenvalue weighted by Gasteiger charge is 2.24. The summed E-state index contributed by atoms with van der Waals surface area (Å²) in [6.07, 6.45) is 9.61. The number of allylic oxidation sites excluding steroid dienone is 2. The van der Waals surface area contributed by atoms with Crippen LogP contribution < -0.4 is 5.32 Å². The van der Waals surface area contributed by atoms with Crippen LogP contribution in [0.2, 0.25) is 0 Å². The summed E-state index contributed by atoms with van der Waals surface area (Å²) >= 11 is 0. The van der Waals surface area contributed by atoms with E-state index < -0.39 is 0 Å². The predicted octanol–water partition coefficient (Wildman–Crippen LogP) is 2.19. The van der Waals surface area contributed by atoms with Gasteiger partial charge in [-0.05, 0) is 37.5 Å². The summed E-state index contributed by atoms with van der Waals surface area (Å²) < 4.78 is 5.49. The third kappa shape index (κ3) is 5.88. The zero-order valence-corrected chi connectivity index (χ0v) is 17.3. The maximum absolute atomic E-state index is 5.49. The molecule has 0 spiro atoms. The van der Waals surface area contributed by atoms with Crippen LogP contribution in [0.1, 0.15) is 25.7 Å². The molecule has 0 aromatic carbocycles. The third-order valence-corrected chi connectivity index (χ3v) is 5.35. The minimum absolute atomic E-state index is 0. The molecule has 0 aromatic rings. The monoisotopic (exact) mass is 448 g/mol. The highest BCUT2D eigenvalue weighted by atomic mass is 127. The summed E-state index contributed by atoms with van der Waals surface area (Å²) in [6.45, 7) is 8.62. The van der Waals surface area contributed by atoms with Crippen molar-refractivity contribution < 1.29 is 4.74 Å². The van der Waals surface area contributed by atoms with Crippen LogP contribution in [-0.4, -0.2) is 75.3 Å². The van der Waals surface area contributed by atoms with Crippen LogP contribution in [0.4, 0.5) is 0 Å². The molecule has 1 N–H and O–H groups in total. The molecule has 138 valence electrons. The average Bonchev–Trinajstić information content (AvgIpc) is 3.11. The zero-order valence-electron chi connectivity index (χ0n) is 15.0. The van der Waals surface area contributed by atoms with Gasteiger partial charge in [0.15, 0.2) is 5.96 Å². The second kappa shape index (κ2) is 10.6. The van der Waals surface area contributed by atoms with Gasteiger partial charge in [0.1, 0.15) is 0 Å². The van der Waals surface area contributed by atoms with Gasteiger partial charge in [-0.3, -0.25) is 9.89 Å². The molecule has 2 fully saturated rings. The highest BCUT2D eigenvalue weighted by molar-refractivity contribution is 14.0. The normalized spacial score (nSPS) is 28.7. The molecule has 2 saturated heterocycles. The second-order valence-corrected chi connectivity index (χ2v) is 7.10. The van der Waals surface area contributed by atoms with Crippen molar-refractivity contribution in [2.45, 2.75) is 25.7 Å². The van der Waals surface area contributed by atoms with Crippen molar-refractivity contribution in [3.8, 4) is 0 Å². The van der Waals surface area contributed by atoms with Gasteiger partial charge in [-0.15, -0.1) is 24.0 Å². The van der Waals surface area contributed by atoms with E-state index in [2.05, 4.69) is 32.3 Å². The van der Waals surface area contributed by atoms with Crippen molar-refractivity contribution in [1.82, 2.24) is 15.1 Å². The zero-order chi connectivity index (χ0) is 15.9. The Morgan fingerprint density at radius 3 is 2.62 bits per heavy atom. The van der Waals surface area contributed by atoms with Crippen LogP contribution in [0.15, 0.2) is 17.1 Å². The van der Waals surface area contributed by atoms with Crippen molar-refractivity contribution >= 4 is 29.9 Å². The first-order valence-electron chi connectivity index (χ1n) is 9.26. The van der Waals surface area contributed by atoms with Crippen LogP contribution in [0.25, 0.3) is 0 Å². The quantitative estimate of drug-likeness (QED) is 0.310. The number of guanidine groups is 1. The van der Waals surface area contributed by atoms with Crippen LogP contribution in [0, 0.1) is 11.8 Å². The van der Waals surface area contributed by atoms with Crippen LogP contribution >= 0.6 is 24.0 Å². The Bertz CT molecular complexity index is 415. The van der Waals surface area contributed by atoms with E-state index in [-0.39, 0.29) is 24.0 Å². The molecule has 5 nitrogen and oxygen atoms in total. The molecule has 0 radical (unpaired) electrons. The van der Waals surface area contributed by atoms with Crippen molar-refractivity contribution in [3.05, 3.63) is 12.2 Å². The van der Waals surface area contributed by atoms with Gasteiger partial charge in [-0.2, -0.15) is 0 Å². The average molecular weight is 448 g/mol. The first-order chi connectivity index (χ1) is 11.3. The van der Waals surface area contributed by atoms with E-state index in [0.717, 1.165) is 63.7 Å². The van der Waals surface area contributed by atoms with Crippen LogP contribution in [-0.2, 0) is 4.74 Å². The fourth-order valence-corrected chi connectivity index (χ4v) is 3.84. The molecule has 2 aliphatic heterocycles. The van der Waals surface area contributed by atoms with Crippen molar-refractivity contribution in [2.24, 2.45) is 16.8 Å². The number of nitrogens with one attached hydrogen (secondary N) is 1. The number of aliphatic imine (C=N–C) groups is 1. The molecule has 0 saturated carbocycles. The van der Waals surface area contributed by atoms with Crippen molar-refractivity contribution in [2.75, 3.05) is 59.5 Å². The molecular formula is C18H33IN4O. The van der Waals surface area contributed by atoms with Crippen molar-refractivity contribution in [1.29, 1.82) is 0 Å². The lowest BCUT2D eigenvalue weighted by Crippen LogP contribution is -2.53. The topological polar surface area (TPSA) is 40.1 Å². The van der Waals surface area contributed by atoms with E-state index in [1.54, 1.807) is 0 Å². The molecule has 0 bridgehead atoms. The highest BCUT2D eigenvalue weighted by Crippen LogP contribution is 2.17. The first-order valence-corrected chi connectivity index (χ1v) is 9.26. The SMILES string of the molecule is CN=C(NCC1CC=CCC1)N1CCN(CC2CCOC2)CC1.I. The number of nitrogens with zero attached hydrogens (tertiary/aromatic N) is 3. The minimum atomic E-state index is 0. The Morgan fingerprint density at radius 2 is 2.00 bits per heavy atom. The Hall–Kier alpha value is -0.340. The molecule has 1 aliphatic carbocycles. The molecule has 6 heteroatoms. The Kier molecular flexibility index (Phi) is 8.83. The predicted molar refractivity (Wildman–Crippen MR) is 110 cm³/mol. The van der Waals surface area contributed by atoms with E-state index in [4.69, 9.17) is 4.74 Å². The standard InChI is InChI=1S/C18H32N4O.HI/c1-19-18(20-13-16-5-3-2-4-6-16)22-10-8-21(9-11-22)14-17-7-12-23-15-17;/h2-3,16-17H,4-15H2,1H3,(H,19,20);1H. The van der Waals surface area contributed by atoms with Gasteiger partial charge in [0.2, 0.25) is 0 Å². The van der Waals surface area contributed by atoms with E-state index in [0.29, 0.717) is 0 Å². The molecule has 2 heterocycles. The van der Waals surface area contributed by atoms with Gasteiger partial charge in [0, 0.05) is 52.9 Å². The number of hydrogen-bond donors (Lipinski definition) is 1. The third-order valence-electron chi connectivity index (χ3n) is 5.35. The molecule has 2 atom stereocenters. The smallest absolute Gasteiger partial charge is 0.193 e. The van der Waals surface area contributed by atoms with E-state index >= 15 is 0 Å². The van der Waals surface area contributed by atoms with Gasteiger partial charge >= 0.3 is 0 Å². The lowest BCUT2D eigenvalue weighted by Gasteiger charge is -2.37. The van der Waals surface area contributed by atoms with Gasteiger partial charge in [-0.1, -0.05) is 12.2 Å².